The Balaban J connectivity index is 1.41. The fourth-order valence-electron chi connectivity index (χ4n) is 6.59. The van der Waals surface area contributed by atoms with E-state index in [0.717, 1.165) is 34.6 Å². The number of rotatable bonds is 26. The third-order valence-electron chi connectivity index (χ3n) is 9.71. The standard InChI is InChI=1S/C42H64Br2N2O4/c1-3-5-7-9-11-13-15-17-19-21-31-49-39-25-23-35(43)33-37(39)41(47)45-27-29-46(30-28-45)42(48)38-34-36(44)24-26-40(38)50-32-22-20-18-16-14-12-10-8-6-4-2/h23-26,33-34H,3-22,27-32H2,1-2H3. The number of hydrogen-bond donors (Lipinski definition) is 0. The number of hydrogen-bond acceptors (Lipinski definition) is 4. The number of carbonyl (C=O) groups excluding carboxylic acids is 2. The van der Waals surface area contributed by atoms with E-state index < -0.39 is 0 Å². The van der Waals surface area contributed by atoms with Crippen LogP contribution in [0, 0.1) is 0 Å². The van der Waals surface area contributed by atoms with Crippen LogP contribution in [0.25, 0.3) is 0 Å². The van der Waals surface area contributed by atoms with E-state index in [1.165, 1.54) is 103 Å². The molecule has 0 atom stereocenters. The molecule has 1 saturated heterocycles. The molecular formula is C42H64Br2N2O4. The molecule has 2 amide bonds. The van der Waals surface area contributed by atoms with E-state index in [4.69, 9.17) is 9.47 Å². The van der Waals surface area contributed by atoms with Crippen molar-refractivity contribution in [3.8, 4) is 11.5 Å². The summed E-state index contributed by atoms with van der Waals surface area (Å²) in [6, 6.07) is 11.3. The minimum atomic E-state index is -0.0561. The molecule has 0 unspecified atom stereocenters. The quantitative estimate of drug-likeness (QED) is 0.0887. The Morgan fingerprint density at radius 1 is 0.500 bits per heavy atom. The zero-order valence-corrected chi connectivity index (χ0v) is 34.3. The topological polar surface area (TPSA) is 59.1 Å². The Morgan fingerprint density at radius 3 is 1.12 bits per heavy atom. The zero-order valence-electron chi connectivity index (χ0n) is 31.1. The molecule has 0 saturated carbocycles. The molecule has 0 bridgehead atoms. The van der Waals surface area contributed by atoms with Gasteiger partial charge in [0.15, 0.2) is 0 Å². The SMILES string of the molecule is CCCCCCCCCCCCOc1ccc(Br)cc1C(=O)N1CCN(C(=O)c2cc(Br)ccc2OCCCCCCCCCCCC)CC1. The third kappa shape index (κ3) is 16.1. The maximum Gasteiger partial charge on any atom is 0.257 e. The van der Waals surface area contributed by atoms with Crippen LogP contribution < -0.4 is 9.47 Å². The lowest BCUT2D eigenvalue weighted by atomic mass is 10.1. The fourth-order valence-corrected chi connectivity index (χ4v) is 7.31. The maximum absolute atomic E-state index is 13.7. The van der Waals surface area contributed by atoms with Crippen molar-refractivity contribution in [2.45, 2.75) is 142 Å². The Kier molecular flexibility index (Phi) is 21.9. The average Bonchev–Trinajstić information content (AvgIpc) is 3.13. The van der Waals surface area contributed by atoms with Crippen LogP contribution in [0.15, 0.2) is 45.3 Å². The Bertz CT molecular complexity index is 1150. The molecule has 6 nitrogen and oxygen atoms in total. The molecule has 0 aromatic heterocycles. The number of amides is 2. The maximum atomic E-state index is 13.7. The second-order valence-corrected chi connectivity index (χ2v) is 15.8. The van der Waals surface area contributed by atoms with Crippen molar-refractivity contribution in [1.29, 1.82) is 0 Å². The van der Waals surface area contributed by atoms with Gasteiger partial charge in [0.05, 0.1) is 24.3 Å². The van der Waals surface area contributed by atoms with Gasteiger partial charge < -0.3 is 19.3 Å². The second kappa shape index (κ2) is 25.8. The van der Waals surface area contributed by atoms with Crippen LogP contribution in [-0.4, -0.2) is 61.0 Å². The highest BCUT2D eigenvalue weighted by molar-refractivity contribution is 9.10. The van der Waals surface area contributed by atoms with Gasteiger partial charge >= 0.3 is 0 Å². The van der Waals surface area contributed by atoms with Gasteiger partial charge in [0.25, 0.3) is 11.8 Å². The average molecular weight is 821 g/mol. The first kappa shape index (κ1) is 42.4. The van der Waals surface area contributed by atoms with E-state index in [0.29, 0.717) is 62.0 Å². The van der Waals surface area contributed by atoms with Gasteiger partial charge in [0.1, 0.15) is 11.5 Å². The summed E-state index contributed by atoms with van der Waals surface area (Å²) in [6.45, 7) is 7.62. The summed E-state index contributed by atoms with van der Waals surface area (Å²) in [7, 11) is 0. The first-order valence-corrected chi connectivity index (χ1v) is 21.5. The molecule has 0 N–H and O–H groups in total. The largest absolute Gasteiger partial charge is 0.493 e. The van der Waals surface area contributed by atoms with Crippen molar-refractivity contribution >= 4 is 43.7 Å². The highest BCUT2D eigenvalue weighted by Gasteiger charge is 2.28. The van der Waals surface area contributed by atoms with Gasteiger partial charge in [-0.1, -0.05) is 161 Å². The van der Waals surface area contributed by atoms with Gasteiger partial charge in [-0.05, 0) is 49.2 Å². The van der Waals surface area contributed by atoms with Crippen LogP contribution in [0.4, 0.5) is 0 Å². The molecule has 0 radical (unpaired) electrons. The van der Waals surface area contributed by atoms with E-state index in [1.54, 1.807) is 0 Å². The third-order valence-corrected chi connectivity index (χ3v) is 10.7. The monoisotopic (exact) mass is 818 g/mol. The lowest BCUT2D eigenvalue weighted by Gasteiger charge is -2.35. The van der Waals surface area contributed by atoms with Gasteiger partial charge in [0.2, 0.25) is 0 Å². The summed E-state index contributed by atoms with van der Waals surface area (Å²) in [5.74, 6) is 1.15. The summed E-state index contributed by atoms with van der Waals surface area (Å²) in [6.07, 6.45) is 25.4. The highest BCUT2D eigenvalue weighted by Crippen LogP contribution is 2.28. The van der Waals surface area contributed by atoms with Crippen LogP contribution in [0.2, 0.25) is 0 Å². The molecule has 1 heterocycles. The molecule has 1 aliphatic heterocycles. The van der Waals surface area contributed by atoms with Gasteiger partial charge in [0, 0.05) is 35.1 Å². The normalized spacial score (nSPS) is 13.1. The number of halogens is 2. The Labute approximate surface area is 320 Å². The first-order chi connectivity index (χ1) is 24.4. The number of carbonyl (C=O) groups is 2. The molecule has 280 valence electrons. The van der Waals surface area contributed by atoms with Crippen LogP contribution in [0.3, 0.4) is 0 Å². The first-order valence-electron chi connectivity index (χ1n) is 19.9. The molecule has 1 aliphatic rings. The molecule has 0 spiro atoms. The predicted octanol–water partition coefficient (Wildman–Crippen LogP) is 12.4. The summed E-state index contributed by atoms with van der Waals surface area (Å²) in [5, 5.41) is 0. The number of nitrogens with zero attached hydrogens (tertiary/aromatic N) is 2. The van der Waals surface area contributed by atoms with Crippen molar-refractivity contribution in [3.05, 3.63) is 56.5 Å². The van der Waals surface area contributed by atoms with Crippen molar-refractivity contribution in [2.24, 2.45) is 0 Å². The van der Waals surface area contributed by atoms with Gasteiger partial charge in [-0.3, -0.25) is 9.59 Å². The molecule has 8 heteroatoms. The lowest BCUT2D eigenvalue weighted by molar-refractivity contribution is 0.0530. The van der Waals surface area contributed by atoms with Crippen LogP contribution in [0.1, 0.15) is 163 Å². The number of benzene rings is 2. The molecule has 2 aromatic rings. The molecular weight excluding hydrogens is 756 g/mol. The number of piperazine rings is 1. The van der Waals surface area contributed by atoms with Crippen molar-refractivity contribution in [2.75, 3.05) is 39.4 Å². The van der Waals surface area contributed by atoms with Crippen LogP contribution in [0.5, 0.6) is 11.5 Å². The van der Waals surface area contributed by atoms with Crippen LogP contribution >= 0.6 is 31.9 Å². The number of ether oxygens (including phenoxy) is 2. The Morgan fingerprint density at radius 2 is 0.800 bits per heavy atom. The van der Waals surface area contributed by atoms with E-state index in [9.17, 15) is 9.59 Å². The predicted molar refractivity (Wildman–Crippen MR) is 215 cm³/mol. The van der Waals surface area contributed by atoms with Crippen molar-refractivity contribution in [3.63, 3.8) is 0 Å². The zero-order chi connectivity index (χ0) is 35.8. The van der Waals surface area contributed by atoms with Gasteiger partial charge in [-0.2, -0.15) is 0 Å². The summed E-state index contributed by atoms with van der Waals surface area (Å²) >= 11 is 7.09. The number of unbranched alkanes of at least 4 members (excludes halogenated alkanes) is 18. The van der Waals surface area contributed by atoms with Crippen LogP contribution in [-0.2, 0) is 0 Å². The van der Waals surface area contributed by atoms with E-state index in [1.807, 2.05) is 46.2 Å². The fraction of sp³-hybridized carbons (Fsp3) is 0.667. The van der Waals surface area contributed by atoms with Gasteiger partial charge in [-0.15, -0.1) is 0 Å². The molecule has 3 rings (SSSR count). The highest BCUT2D eigenvalue weighted by atomic mass is 79.9. The summed E-state index contributed by atoms with van der Waals surface area (Å²) < 4.78 is 14.0. The molecule has 1 fully saturated rings. The van der Waals surface area contributed by atoms with E-state index >= 15 is 0 Å². The smallest absolute Gasteiger partial charge is 0.257 e. The lowest BCUT2D eigenvalue weighted by Crippen LogP contribution is -2.50. The summed E-state index contributed by atoms with van der Waals surface area (Å²) in [4.78, 5) is 31.1. The molecule has 2 aromatic carbocycles. The van der Waals surface area contributed by atoms with E-state index in [-0.39, 0.29) is 11.8 Å². The second-order valence-electron chi connectivity index (χ2n) is 13.9. The van der Waals surface area contributed by atoms with Gasteiger partial charge in [-0.25, -0.2) is 0 Å². The summed E-state index contributed by atoms with van der Waals surface area (Å²) in [5.41, 5.74) is 1.14. The van der Waals surface area contributed by atoms with Crippen molar-refractivity contribution in [1.82, 2.24) is 9.80 Å². The minimum Gasteiger partial charge on any atom is -0.493 e. The van der Waals surface area contributed by atoms with Crippen molar-refractivity contribution < 1.29 is 19.1 Å². The van der Waals surface area contributed by atoms with E-state index in [2.05, 4.69) is 45.7 Å². The molecule has 50 heavy (non-hydrogen) atoms. The Hall–Kier alpha value is -2.06. The minimum absolute atomic E-state index is 0.0561. The molecule has 0 aliphatic carbocycles.